The van der Waals surface area contributed by atoms with Crippen molar-refractivity contribution in [3.63, 3.8) is 0 Å². The van der Waals surface area contributed by atoms with Crippen LogP contribution in [0.25, 0.3) is 0 Å². The van der Waals surface area contributed by atoms with Crippen molar-refractivity contribution in [2.24, 2.45) is 5.92 Å². The normalized spacial score (nSPS) is 19.0. The number of hydrogen-bond donors (Lipinski definition) is 1. The number of benzene rings is 3. The molecule has 5 rings (SSSR count). The lowest BCUT2D eigenvalue weighted by atomic mass is 9.83. The second-order valence-electron chi connectivity index (χ2n) is 8.73. The highest BCUT2D eigenvalue weighted by molar-refractivity contribution is 6.00. The number of carbonyl (C=O) groups excluding carboxylic acids is 2. The average Bonchev–Trinajstić information content (AvgIpc) is 3.36. The maximum atomic E-state index is 13.5. The summed E-state index contributed by atoms with van der Waals surface area (Å²) < 4.78 is 54.9. The largest absolute Gasteiger partial charge is 0.497 e. The first-order valence-corrected chi connectivity index (χ1v) is 11.6. The first kappa shape index (κ1) is 24.5. The Morgan fingerprint density at radius 2 is 1.70 bits per heavy atom. The summed E-state index contributed by atoms with van der Waals surface area (Å²) in [7, 11) is 1.54. The average molecular weight is 512 g/mol. The number of rotatable bonds is 5. The van der Waals surface area contributed by atoms with E-state index in [9.17, 15) is 22.8 Å². The third-order valence-corrected chi connectivity index (χ3v) is 6.51. The smallest absolute Gasteiger partial charge is 0.416 e. The summed E-state index contributed by atoms with van der Waals surface area (Å²) in [5, 5.41) is 2.73. The number of alkyl halides is 3. The van der Waals surface area contributed by atoms with Crippen LogP contribution >= 0.6 is 0 Å². The Morgan fingerprint density at radius 3 is 2.38 bits per heavy atom. The van der Waals surface area contributed by atoms with E-state index in [0.29, 0.717) is 28.5 Å². The number of halogens is 3. The number of fused-ring (bicyclic) bond motifs is 1. The van der Waals surface area contributed by atoms with E-state index in [1.165, 1.54) is 12.1 Å². The molecular formula is C27H23F3N2O5. The van der Waals surface area contributed by atoms with Gasteiger partial charge in [-0.05, 0) is 60.5 Å². The lowest BCUT2D eigenvalue weighted by Crippen LogP contribution is -2.47. The second kappa shape index (κ2) is 9.68. The highest BCUT2D eigenvalue weighted by atomic mass is 19.4. The lowest BCUT2D eigenvalue weighted by Gasteiger charge is -2.41. The lowest BCUT2D eigenvalue weighted by molar-refractivity contribution is -0.137. The van der Waals surface area contributed by atoms with Gasteiger partial charge < -0.3 is 24.4 Å². The third kappa shape index (κ3) is 4.91. The summed E-state index contributed by atoms with van der Waals surface area (Å²) in [5.41, 5.74) is 0.679. The van der Waals surface area contributed by atoms with Crippen molar-refractivity contribution in [2.75, 3.05) is 24.1 Å². The molecule has 0 saturated carbocycles. The SMILES string of the molecule is COc1ccc([C@@H]2[C@H](C(=O)Nc3ccc(C(F)(F)F)cc3)CCC(=O)N2c2ccc3c(c2)OCO3)cc1. The number of anilines is 2. The van der Waals surface area contributed by atoms with Crippen molar-refractivity contribution >= 4 is 23.2 Å². The number of ether oxygens (including phenoxy) is 3. The molecule has 3 aromatic carbocycles. The zero-order valence-electron chi connectivity index (χ0n) is 19.7. The molecule has 37 heavy (non-hydrogen) atoms. The van der Waals surface area contributed by atoms with Gasteiger partial charge in [-0.15, -0.1) is 0 Å². The van der Waals surface area contributed by atoms with Gasteiger partial charge in [0.1, 0.15) is 5.75 Å². The van der Waals surface area contributed by atoms with Crippen molar-refractivity contribution in [3.05, 3.63) is 77.9 Å². The van der Waals surface area contributed by atoms with Crippen LogP contribution in [0.5, 0.6) is 17.2 Å². The predicted octanol–water partition coefficient (Wildman–Crippen LogP) is 5.57. The van der Waals surface area contributed by atoms with Gasteiger partial charge in [-0.25, -0.2) is 0 Å². The fourth-order valence-corrected chi connectivity index (χ4v) is 4.67. The van der Waals surface area contributed by atoms with Gasteiger partial charge in [0.2, 0.25) is 18.6 Å². The highest BCUT2D eigenvalue weighted by Crippen LogP contribution is 2.44. The van der Waals surface area contributed by atoms with E-state index >= 15 is 0 Å². The predicted molar refractivity (Wildman–Crippen MR) is 129 cm³/mol. The van der Waals surface area contributed by atoms with E-state index in [1.54, 1.807) is 54.5 Å². The molecule has 3 aromatic rings. The molecule has 2 amide bonds. The van der Waals surface area contributed by atoms with Crippen molar-refractivity contribution in [1.82, 2.24) is 0 Å². The van der Waals surface area contributed by atoms with Crippen molar-refractivity contribution in [3.8, 4) is 17.2 Å². The minimum Gasteiger partial charge on any atom is -0.497 e. The quantitative estimate of drug-likeness (QED) is 0.484. The van der Waals surface area contributed by atoms with Crippen LogP contribution in [0.3, 0.4) is 0 Å². The molecule has 2 aliphatic heterocycles. The molecule has 192 valence electrons. The number of nitrogens with zero attached hydrogens (tertiary/aromatic N) is 1. The fraction of sp³-hybridized carbons (Fsp3) is 0.259. The third-order valence-electron chi connectivity index (χ3n) is 6.51. The minimum atomic E-state index is -4.48. The Kier molecular flexibility index (Phi) is 6.41. The minimum absolute atomic E-state index is 0.0762. The van der Waals surface area contributed by atoms with Gasteiger partial charge in [-0.2, -0.15) is 13.2 Å². The van der Waals surface area contributed by atoms with Crippen LogP contribution in [0, 0.1) is 5.92 Å². The number of nitrogens with one attached hydrogen (secondary N) is 1. The Morgan fingerprint density at radius 1 is 1.00 bits per heavy atom. The maximum Gasteiger partial charge on any atom is 0.416 e. The van der Waals surface area contributed by atoms with Crippen LogP contribution in [-0.4, -0.2) is 25.7 Å². The topological polar surface area (TPSA) is 77.1 Å². The van der Waals surface area contributed by atoms with Gasteiger partial charge in [-0.3, -0.25) is 9.59 Å². The molecule has 2 heterocycles. The van der Waals surface area contributed by atoms with E-state index < -0.39 is 29.6 Å². The zero-order valence-corrected chi connectivity index (χ0v) is 19.7. The molecule has 0 aromatic heterocycles. The van der Waals surface area contributed by atoms with Crippen LogP contribution in [-0.2, 0) is 15.8 Å². The first-order valence-electron chi connectivity index (χ1n) is 11.6. The fourth-order valence-electron chi connectivity index (χ4n) is 4.67. The number of carbonyl (C=O) groups is 2. The first-order chi connectivity index (χ1) is 17.7. The molecule has 0 spiro atoms. The summed E-state index contributed by atoms with van der Waals surface area (Å²) in [5.74, 6) is 0.420. The summed E-state index contributed by atoms with van der Waals surface area (Å²) in [6, 6.07) is 15.8. The number of hydrogen-bond acceptors (Lipinski definition) is 5. The molecule has 1 N–H and O–H groups in total. The summed E-state index contributed by atoms with van der Waals surface area (Å²) in [4.78, 5) is 28.3. The number of amides is 2. The van der Waals surface area contributed by atoms with Gasteiger partial charge >= 0.3 is 6.18 Å². The standard InChI is InChI=1S/C27H23F3N2O5/c1-35-20-9-2-16(3-10-20)25-21(26(34)31-18-6-4-17(5-7-18)27(28,29)30)11-13-24(33)32(25)19-8-12-22-23(14-19)37-15-36-22/h2-10,12,14,21,25H,11,13,15H2,1H3,(H,31,34)/t21-,25-/m1/s1. The van der Waals surface area contributed by atoms with Crippen LogP contribution in [0.15, 0.2) is 66.7 Å². The molecule has 0 bridgehead atoms. The van der Waals surface area contributed by atoms with Crippen molar-refractivity contribution in [2.45, 2.75) is 25.1 Å². The molecule has 7 nitrogen and oxygen atoms in total. The molecule has 1 saturated heterocycles. The Balaban J connectivity index is 1.49. The molecule has 2 atom stereocenters. The van der Waals surface area contributed by atoms with Gasteiger partial charge in [0.15, 0.2) is 11.5 Å². The summed E-state index contributed by atoms with van der Waals surface area (Å²) in [6.07, 6.45) is -4.09. The van der Waals surface area contributed by atoms with Crippen molar-refractivity contribution < 1.29 is 37.0 Å². The van der Waals surface area contributed by atoms with E-state index in [-0.39, 0.29) is 31.2 Å². The highest BCUT2D eigenvalue weighted by Gasteiger charge is 2.42. The van der Waals surface area contributed by atoms with Crippen LogP contribution < -0.4 is 24.4 Å². The summed E-state index contributed by atoms with van der Waals surface area (Å²) >= 11 is 0. The van der Waals surface area contributed by atoms with Crippen molar-refractivity contribution in [1.29, 1.82) is 0 Å². The zero-order chi connectivity index (χ0) is 26.2. The number of methoxy groups -OCH3 is 1. The van der Waals surface area contributed by atoms with Gasteiger partial charge in [0, 0.05) is 23.9 Å². The molecule has 0 aliphatic carbocycles. The van der Waals surface area contributed by atoms with Crippen LogP contribution in [0.2, 0.25) is 0 Å². The molecule has 10 heteroatoms. The van der Waals surface area contributed by atoms with E-state index in [0.717, 1.165) is 12.1 Å². The van der Waals surface area contributed by atoms with Gasteiger partial charge in [0.05, 0.1) is 24.6 Å². The Labute approximate surface area is 210 Å². The second-order valence-corrected chi connectivity index (χ2v) is 8.73. The maximum absolute atomic E-state index is 13.5. The van der Waals surface area contributed by atoms with E-state index in [4.69, 9.17) is 14.2 Å². The molecule has 0 unspecified atom stereocenters. The molecule has 0 radical (unpaired) electrons. The van der Waals surface area contributed by atoms with Gasteiger partial charge in [-0.1, -0.05) is 12.1 Å². The molecule has 2 aliphatic rings. The molecule has 1 fully saturated rings. The summed E-state index contributed by atoms with van der Waals surface area (Å²) in [6.45, 7) is 0.0762. The van der Waals surface area contributed by atoms with Gasteiger partial charge in [0.25, 0.3) is 0 Å². The molecular weight excluding hydrogens is 489 g/mol. The van der Waals surface area contributed by atoms with E-state index in [1.807, 2.05) is 0 Å². The van der Waals surface area contributed by atoms with Crippen LogP contribution in [0.4, 0.5) is 24.5 Å². The number of piperidine rings is 1. The Bertz CT molecular complexity index is 1310. The monoisotopic (exact) mass is 512 g/mol. The van der Waals surface area contributed by atoms with Crippen LogP contribution in [0.1, 0.15) is 30.0 Å². The Hall–Kier alpha value is -4.21. The van der Waals surface area contributed by atoms with E-state index in [2.05, 4.69) is 5.32 Å².